The first-order valence-corrected chi connectivity index (χ1v) is 8.26. The Morgan fingerprint density at radius 2 is 2.15 bits per heavy atom. The molecule has 1 fully saturated rings. The highest BCUT2D eigenvalue weighted by Gasteiger charge is 2.33. The zero-order valence-corrected chi connectivity index (χ0v) is 14.5. The van der Waals surface area contributed by atoms with Crippen LogP contribution in [0.25, 0.3) is 0 Å². The van der Waals surface area contributed by atoms with Crippen LogP contribution in [-0.4, -0.2) is 45.5 Å². The van der Waals surface area contributed by atoms with Gasteiger partial charge in [-0.15, -0.1) is 12.4 Å². The van der Waals surface area contributed by atoms with Crippen molar-refractivity contribution in [3.8, 4) is 5.75 Å². The molecule has 1 aromatic rings. The molecule has 1 atom stereocenters. The molecule has 1 N–H and O–H groups in total. The predicted molar refractivity (Wildman–Crippen MR) is 84.2 cm³/mol. The second-order valence-electron chi connectivity index (χ2n) is 4.46. The van der Waals surface area contributed by atoms with Gasteiger partial charge < -0.3 is 10.1 Å². The van der Waals surface area contributed by atoms with Crippen molar-refractivity contribution in [3.05, 3.63) is 22.7 Å². The number of sulfonamides is 1. The molecule has 1 aliphatic rings. The van der Waals surface area contributed by atoms with E-state index in [4.69, 9.17) is 4.74 Å². The molecule has 5 nitrogen and oxygen atoms in total. The lowest BCUT2D eigenvalue weighted by atomic mass is 10.3. The van der Waals surface area contributed by atoms with Gasteiger partial charge in [-0.2, -0.15) is 4.31 Å². The molecule has 114 valence electrons. The van der Waals surface area contributed by atoms with Gasteiger partial charge in [0.25, 0.3) is 0 Å². The Hall–Kier alpha value is -0.340. The number of halogens is 2. The van der Waals surface area contributed by atoms with Crippen molar-refractivity contribution in [2.45, 2.75) is 17.9 Å². The summed E-state index contributed by atoms with van der Waals surface area (Å²) in [6, 6.07) is 4.94. The van der Waals surface area contributed by atoms with E-state index < -0.39 is 10.0 Å². The lowest BCUT2D eigenvalue weighted by Crippen LogP contribution is -2.52. The molecule has 1 heterocycles. The summed E-state index contributed by atoms with van der Waals surface area (Å²) >= 11 is 3.31. The number of nitrogens with one attached hydrogen (secondary N) is 1. The molecule has 8 heteroatoms. The molecule has 0 unspecified atom stereocenters. The zero-order chi connectivity index (χ0) is 14.0. The monoisotopic (exact) mass is 384 g/mol. The minimum absolute atomic E-state index is 0. The largest absolute Gasteiger partial charge is 0.495 e. The molecule has 0 bridgehead atoms. The topological polar surface area (TPSA) is 58.6 Å². The molecule has 0 radical (unpaired) electrons. The van der Waals surface area contributed by atoms with E-state index in [1.165, 1.54) is 11.4 Å². The highest BCUT2D eigenvalue weighted by molar-refractivity contribution is 9.10. The van der Waals surface area contributed by atoms with E-state index in [-0.39, 0.29) is 23.3 Å². The van der Waals surface area contributed by atoms with Crippen LogP contribution in [0.5, 0.6) is 5.75 Å². The second kappa shape index (κ2) is 7.09. The number of nitrogens with zero attached hydrogens (tertiary/aromatic N) is 1. The number of hydrogen-bond acceptors (Lipinski definition) is 4. The van der Waals surface area contributed by atoms with Gasteiger partial charge in [0.15, 0.2) is 0 Å². The molecular formula is C12H18BrClN2O3S. The number of rotatable bonds is 3. The van der Waals surface area contributed by atoms with Gasteiger partial charge in [0.05, 0.1) is 7.11 Å². The van der Waals surface area contributed by atoms with Crippen LogP contribution in [-0.2, 0) is 10.0 Å². The SMILES string of the molecule is COc1ccc(Br)cc1S(=O)(=O)N1CCNC[C@@H]1C.Cl. The van der Waals surface area contributed by atoms with Gasteiger partial charge in [0.2, 0.25) is 10.0 Å². The van der Waals surface area contributed by atoms with Gasteiger partial charge >= 0.3 is 0 Å². The van der Waals surface area contributed by atoms with Crippen molar-refractivity contribution in [2.24, 2.45) is 0 Å². The fraction of sp³-hybridized carbons (Fsp3) is 0.500. The molecule has 1 saturated heterocycles. The van der Waals surface area contributed by atoms with Crippen LogP contribution in [0, 0.1) is 0 Å². The molecule has 2 rings (SSSR count). The second-order valence-corrected chi connectivity index (χ2v) is 7.24. The summed E-state index contributed by atoms with van der Waals surface area (Å²) in [5, 5.41) is 3.18. The molecule has 20 heavy (non-hydrogen) atoms. The highest BCUT2D eigenvalue weighted by atomic mass is 79.9. The highest BCUT2D eigenvalue weighted by Crippen LogP contribution is 2.30. The van der Waals surface area contributed by atoms with Gasteiger partial charge in [-0.05, 0) is 25.1 Å². The number of piperazine rings is 1. The molecule has 1 aromatic carbocycles. The van der Waals surface area contributed by atoms with Crippen molar-refractivity contribution in [1.29, 1.82) is 0 Å². The Labute approximate surface area is 134 Å². The average Bonchev–Trinajstić information content (AvgIpc) is 2.39. The maximum Gasteiger partial charge on any atom is 0.247 e. The summed E-state index contributed by atoms with van der Waals surface area (Å²) in [4.78, 5) is 0.207. The Morgan fingerprint density at radius 1 is 1.45 bits per heavy atom. The van der Waals surface area contributed by atoms with Crippen LogP contribution < -0.4 is 10.1 Å². The van der Waals surface area contributed by atoms with Crippen molar-refractivity contribution >= 4 is 38.4 Å². The van der Waals surface area contributed by atoms with Crippen molar-refractivity contribution in [3.63, 3.8) is 0 Å². The van der Waals surface area contributed by atoms with E-state index in [0.29, 0.717) is 25.4 Å². The third-order valence-corrected chi connectivity index (χ3v) is 5.68. The van der Waals surface area contributed by atoms with Crippen LogP contribution >= 0.6 is 28.3 Å². The van der Waals surface area contributed by atoms with E-state index >= 15 is 0 Å². The van der Waals surface area contributed by atoms with E-state index in [0.717, 1.165) is 4.47 Å². The molecule has 0 spiro atoms. The fourth-order valence-electron chi connectivity index (χ4n) is 2.16. The molecule has 0 aliphatic carbocycles. The number of methoxy groups -OCH3 is 1. The summed E-state index contributed by atoms with van der Waals surface area (Å²) in [7, 11) is -2.06. The molecule has 0 aromatic heterocycles. The maximum atomic E-state index is 12.7. The van der Waals surface area contributed by atoms with Crippen molar-refractivity contribution in [2.75, 3.05) is 26.7 Å². The molecule has 0 amide bonds. The van der Waals surface area contributed by atoms with Crippen LogP contribution in [0.3, 0.4) is 0 Å². The summed E-state index contributed by atoms with van der Waals surface area (Å²) in [6.45, 7) is 3.70. The average molecular weight is 386 g/mol. The summed E-state index contributed by atoms with van der Waals surface area (Å²) in [5.41, 5.74) is 0. The number of benzene rings is 1. The predicted octanol–water partition coefficient (Wildman–Crippen LogP) is 1.86. The Bertz CT molecular complexity index is 568. The van der Waals surface area contributed by atoms with E-state index in [1.807, 2.05) is 6.92 Å². The first-order valence-electron chi connectivity index (χ1n) is 6.03. The minimum atomic E-state index is -3.54. The molecule has 0 saturated carbocycles. The standard InChI is InChI=1S/C12H17BrN2O3S.ClH/c1-9-8-14-5-6-15(9)19(16,17)12-7-10(13)3-4-11(12)18-2;/h3-4,7,9,14H,5-6,8H2,1-2H3;1H/t9-;/m0./s1. The van der Waals surface area contributed by atoms with Crippen LogP contribution in [0.1, 0.15) is 6.92 Å². The van der Waals surface area contributed by atoms with Crippen LogP contribution in [0.2, 0.25) is 0 Å². The van der Waals surface area contributed by atoms with Crippen molar-refractivity contribution in [1.82, 2.24) is 9.62 Å². The normalized spacial score (nSPS) is 20.2. The Balaban J connectivity index is 0.00000200. The molecular weight excluding hydrogens is 368 g/mol. The number of hydrogen-bond donors (Lipinski definition) is 1. The van der Waals surface area contributed by atoms with Crippen LogP contribution in [0.4, 0.5) is 0 Å². The Kier molecular flexibility index (Phi) is 6.27. The minimum Gasteiger partial charge on any atom is -0.495 e. The first-order chi connectivity index (χ1) is 8.96. The van der Waals surface area contributed by atoms with Gasteiger partial charge in [-0.3, -0.25) is 0 Å². The third kappa shape index (κ3) is 3.46. The summed E-state index contributed by atoms with van der Waals surface area (Å²) in [5.74, 6) is 0.369. The maximum absolute atomic E-state index is 12.7. The van der Waals surface area contributed by atoms with E-state index in [1.54, 1.807) is 18.2 Å². The van der Waals surface area contributed by atoms with Crippen molar-refractivity contribution < 1.29 is 13.2 Å². The summed E-state index contributed by atoms with van der Waals surface area (Å²) < 4.78 is 32.9. The van der Waals surface area contributed by atoms with Gasteiger partial charge in [-0.25, -0.2) is 8.42 Å². The van der Waals surface area contributed by atoms with Gasteiger partial charge in [-0.1, -0.05) is 15.9 Å². The smallest absolute Gasteiger partial charge is 0.247 e. The van der Waals surface area contributed by atoms with Gasteiger partial charge in [0.1, 0.15) is 10.6 Å². The Morgan fingerprint density at radius 3 is 2.75 bits per heavy atom. The molecule has 1 aliphatic heterocycles. The quantitative estimate of drug-likeness (QED) is 0.863. The summed E-state index contributed by atoms with van der Waals surface area (Å²) in [6.07, 6.45) is 0. The van der Waals surface area contributed by atoms with E-state index in [9.17, 15) is 8.42 Å². The van der Waals surface area contributed by atoms with Gasteiger partial charge in [0, 0.05) is 30.1 Å². The third-order valence-electron chi connectivity index (χ3n) is 3.15. The number of ether oxygens (including phenoxy) is 1. The lowest BCUT2D eigenvalue weighted by Gasteiger charge is -2.33. The van der Waals surface area contributed by atoms with E-state index in [2.05, 4.69) is 21.2 Å². The zero-order valence-electron chi connectivity index (χ0n) is 11.3. The first kappa shape index (κ1) is 17.7. The van der Waals surface area contributed by atoms with Crippen LogP contribution in [0.15, 0.2) is 27.6 Å². The lowest BCUT2D eigenvalue weighted by molar-refractivity contribution is 0.282. The fourth-order valence-corrected chi connectivity index (χ4v) is 4.48.